The second-order valence-corrected chi connectivity index (χ2v) is 7.27. The molecule has 2 rings (SSSR count). The zero-order valence-corrected chi connectivity index (χ0v) is 15.3. The van der Waals surface area contributed by atoms with Gasteiger partial charge in [0, 0.05) is 25.7 Å². The van der Waals surface area contributed by atoms with Crippen LogP contribution in [0.2, 0.25) is 0 Å². The fourth-order valence-electron chi connectivity index (χ4n) is 3.14. The second-order valence-electron chi connectivity index (χ2n) is 7.27. The molecular weight excluding hydrogens is 288 g/mol. The van der Waals surface area contributed by atoms with E-state index in [9.17, 15) is 0 Å². The minimum absolute atomic E-state index is 0.389. The van der Waals surface area contributed by atoms with Crippen molar-refractivity contribution >= 4 is 5.96 Å². The molecule has 1 saturated heterocycles. The van der Waals surface area contributed by atoms with Crippen molar-refractivity contribution < 1.29 is 4.52 Å². The number of nitrogens with zero attached hydrogens (tertiary/aromatic N) is 3. The van der Waals surface area contributed by atoms with Gasteiger partial charge in [0.05, 0.1) is 5.69 Å². The fraction of sp³-hybridized carbons (Fsp3) is 0.778. The summed E-state index contributed by atoms with van der Waals surface area (Å²) in [6.07, 6.45) is 2.57. The molecule has 0 radical (unpaired) electrons. The number of guanidine groups is 1. The Hall–Kier alpha value is -1.52. The molecule has 0 amide bonds. The first-order valence-electron chi connectivity index (χ1n) is 8.98. The number of hydrogen-bond donors (Lipinski definition) is 1. The maximum absolute atomic E-state index is 5.39. The molecule has 0 saturated carbocycles. The van der Waals surface area contributed by atoms with Gasteiger partial charge in [-0.05, 0) is 37.5 Å². The third-order valence-electron chi connectivity index (χ3n) is 4.28. The molecule has 1 aliphatic heterocycles. The molecule has 1 aromatic heterocycles. The highest BCUT2D eigenvalue weighted by molar-refractivity contribution is 5.80. The average molecular weight is 320 g/mol. The van der Waals surface area contributed by atoms with E-state index in [-0.39, 0.29) is 0 Å². The average Bonchev–Trinajstić information content (AvgIpc) is 3.12. The number of aliphatic imine (C=N–C) groups is 1. The molecule has 1 aliphatic rings. The number of likely N-dealkylation sites (tertiary alicyclic amines) is 1. The predicted molar refractivity (Wildman–Crippen MR) is 94.5 cm³/mol. The fourth-order valence-corrected chi connectivity index (χ4v) is 3.14. The van der Waals surface area contributed by atoms with Crippen LogP contribution in [0, 0.1) is 11.8 Å². The number of hydrogen-bond acceptors (Lipinski definition) is 3. The molecule has 1 N–H and O–H groups in total. The van der Waals surface area contributed by atoms with Crippen molar-refractivity contribution in [2.24, 2.45) is 16.8 Å². The third kappa shape index (κ3) is 5.26. The minimum Gasteiger partial charge on any atom is -0.359 e. The van der Waals surface area contributed by atoms with Crippen molar-refractivity contribution in [1.82, 2.24) is 15.4 Å². The van der Waals surface area contributed by atoms with Crippen LogP contribution in [0.1, 0.15) is 64.8 Å². The van der Waals surface area contributed by atoms with E-state index in [2.05, 4.69) is 50.0 Å². The summed E-state index contributed by atoms with van der Waals surface area (Å²) in [5.74, 6) is 3.78. The van der Waals surface area contributed by atoms with Crippen molar-refractivity contribution in [1.29, 1.82) is 0 Å². The van der Waals surface area contributed by atoms with E-state index in [4.69, 9.17) is 9.52 Å². The number of nitrogens with one attached hydrogen (secondary N) is 1. The van der Waals surface area contributed by atoms with Crippen molar-refractivity contribution in [3.05, 3.63) is 17.5 Å². The van der Waals surface area contributed by atoms with Gasteiger partial charge in [-0.15, -0.1) is 0 Å². The van der Waals surface area contributed by atoms with E-state index in [0.29, 0.717) is 12.5 Å². The second kappa shape index (κ2) is 8.37. The summed E-state index contributed by atoms with van der Waals surface area (Å²) in [5, 5.41) is 7.52. The molecule has 23 heavy (non-hydrogen) atoms. The van der Waals surface area contributed by atoms with Gasteiger partial charge in [0.1, 0.15) is 6.54 Å². The predicted octanol–water partition coefficient (Wildman–Crippen LogP) is 3.63. The van der Waals surface area contributed by atoms with Crippen LogP contribution >= 0.6 is 0 Å². The summed E-state index contributed by atoms with van der Waals surface area (Å²) < 4.78 is 5.39. The normalized spacial score (nSPS) is 19.2. The number of rotatable bonds is 6. The van der Waals surface area contributed by atoms with Crippen LogP contribution in [0.3, 0.4) is 0 Å². The first kappa shape index (κ1) is 17.8. The molecule has 2 heterocycles. The molecule has 0 aromatic carbocycles. The highest BCUT2D eigenvalue weighted by Gasteiger charge is 2.25. The Morgan fingerprint density at radius 3 is 2.83 bits per heavy atom. The van der Waals surface area contributed by atoms with Crippen LogP contribution in [0.4, 0.5) is 0 Å². The van der Waals surface area contributed by atoms with Crippen molar-refractivity contribution in [3.63, 3.8) is 0 Å². The van der Waals surface area contributed by atoms with E-state index >= 15 is 0 Å². The molecule has 0 spiro atoms. The van der Waals surface area contributed by atoms with Crippen LogP contribution in [0.25, 0.3) is 0 Å². The standard InChI is InChI=1S/C18H32N4O/c1-6-19-18(22-8-7-15(12-22)9-13(2)3)20-11-16-10-17(14(4)5)21-23-16/h10,13-15H,6-9,11-12H2,1-5H3,(H,19,20). The van der Waals surface area contributed by atoms with Gasteiger partial charge < -0.3 is 14.7 Å². The lowest BCUT2D eigenvalue weighted by Gasteiger charge is -2.22. The first-order valence-corrected chi connectivity index (χ1v) is 8.98. The van der Waals surface area contributed by atoms with Crippen molar-refractivity contribution in [2.45, 2.75) is 59.9 Å². The maximum atomic E-state index is 5.39. The Balaban J connectivity index is 1.97. The summed E-state index contributed by atoms with van der Waals surface area (Å²) in [4.78, 5) is 7.13. The molecule has 5 heteroatoms. The largest absolute Gasteiger partial charge is 0.359 e. The number of aromatic nitrogens is 1. The maximum Gasteiger partial charge on any atom is 0.194 e. The topological polar surface area (TPSA) is 53.7 Å². The SMILES string of the molecule is CCNC(=NCc1cc(C(C)C)no1)N1CCC(CC(C)C)C1. The third-order valence-corrected chi connectivity index (χ3v) is 4.28. The molecule has 1 aromatic rings. The summed E-state index contributed by atoms with van der Waals surface area (Å²) in [5.41, 5.74) is 0.998. The zero-order valence-electron chi connectivity index (χ0n) is 15.3. The van der Waals surface area contributed by atoms with Crippen LogP contribution < -0.4 is 5.32 Å². The molecule has 1 fully saturated rings. The summed E-state index contributed by atoms with van der Waals surface area (Å²) >= 11 is 0. The molecule has 1 atom stereocenters. The molecular formula is C18H32N4O. The van der Waals surface area contributed by atoms with Gasteiger partial charge in [-0.1, -0.05) is 32.9 Å². The Kier molecular flexibility index (Phi) is 6.48. The lowest BCUT2D eigenvalue weighted by molar-refractivity contribution is 0.374. The van der Waals surface area contributed by atoms with Crippen molar-refractivity contribution in [3.8, 4) is 0 Å². The van der Waals surface area contributed by atoms with Gasteiger partial charge >= 0.3 is 0 Å². The van der Waals surface area contributed by atoms with Crippen molar-refractivity contribution in [2.75, 3.05) is 19.6 Å². The molecule has 130 valence electrons. The smallest absolute Gasteiger partial charge is 0.194 e. The Labute approximate surface area is 140 Å². The highest BCUT2D eigenvalue weighted by Crippen LogP contribution is 2.23. The highest BCUT2D eigenvalue weighted by atomic mass is 16.5. The lowest BCUT2D eigenvalue weighted by atomic mass is 9.97. The van der Waals surface area contributed by atoms with Crippen LogP contribution in [-0.2, 0) is 6.54 Å². The van der Waals surface area contributed by atoms with Gasteiger partial charge in [0.15, 0.2) is 11.7 Å². The van der Waals surface area contributed by atoms with Gasteiger partial charge in [0.25, 0.3) is 0 Å². The molecule has 0 aliphatic carbocycles. The quantitative estimate of drug-likeness (QED) is 0.642. The van der Waals surface area contributed by atoms with E-state index < -0.39 is 0 Å². The summed E-state index contributed by atoms with van der Waals surface area (Å²) in [6, 6.07) is 2.02. The first-order chi connectivity index (χ1) is 11.0. The lowest BCUT2D eigenvalue weighted by Crippen LogP contribution is -2.40. The molecule has 1 unspecified atom stereocenters. The molecule has 0 bridgehead atoms. The summed E-state index contributed by atoms with van der Waals surface area (Å²) in [7, 11) is 0. The van der Waals surface area contributed by atoms with E-state index in [0.717, 1.165) is 48.9 Å². The van der Waals surface area contributed by atoms with Gasteiger partial charge in [-0.3, -0.25) is 0 Å². The van der Waals surface area contributed by atoms with Crippen LogP contribution in [0.5, 0.6) is 0 Å². The van der Waals surface area contributed by atoms with E-state index in [1.807, 2.05) is 6.07 Å². The Morgan fingerprint density at radius 2 is 2.22 bits per heavy atom. The molecule has 5 nitrogen and oxygen atoms in total. The van der Waals surface area contributed by atoms with E-state index in [1.54, 1.807) is 0 Å². The Morgan fingerprint density at radius 1 is 1.43 bits per heavy atom. The Bertz CT molecular complexity index is 507. The van der Waals surface area contributed by atoms with Gasteiger partial charge in [-0.25, -0.2) is 4.99 Å². The van der Waals surface area contributed by atoms with Crippen LogP contribution in [-0.4, -0.2) is 35.7 Å². The zero-order chi connectivity index (χ0) is 16.8. The monoisotopic (exact) mass is 320 g/mol. The van der Waals surface area contributed by atoms with Gasteiger partial charge in [-0.2, -0.15) is 0 Å². The minimum atomic E-state index is 0.389. The van der Waals surface area contributed by atoms with E-state index in [1.165, 1.54) is 12.8 Å². The summed E-state index contributed by atoms with van der Waals surface area (Å²) in [6.45, 7) is 14.6. The van der Waals surface area contributed by atoms with Gasteiger partial charge in [0.2, 0.25) is 0 Å². The van der Waals surface area contributed by atoms with Crippen LogP contribution in [0.15, 0.2) is 15.6 Å².